The zero-order valence-electron chi connectivity index (χ0n) is 12.5. The predicted octanol–water partition coefficient (Wildman–Crippen LogP) is 1.62. The van der Waals surface area contributed by atoms with E-state index in [0.29, 0.717) is 24.8 Å². The van der Waals surface area contributed by atoms with E-state index in [9.17, 15) is 9.90 Å². The number of aliphatic hydroxyl groups excluding tert-OH is 1. The van der Waals surface area contributed by atoms with E-state index in [1.807, 2.05) is 4.90 Å². The SMILES string of the molecule is CC(C)C(CCN)CCC(=O)N1CCCC(CO)C1. The number of carbonyl (C=O) groups is 1. The number of nitrogens with two attached hydrogens (primary N) is 1. The van der Waals surface area contributed by atoms with Crippen molar-refractivity contribution in [1.29, 1.82) is 0 Å². The monoisotopic (exact) mass is 270 g/mol. The first-order chi connectivity index (χ1) is 9.08. The Morgan fingerprint density at radius 2 is 2.16 bits per heavy atom. The van der Waals surface area contributed by atoms with Crippen molar-refractivity contribution in [3.63, 3.8) is 0 Å². The van der Waals surface area contributed by atoms with Crippen LogP contribution in [0.2, 0.25) is 0 Å². The molecule has 1 fully saturated rings. The summed E-state index contributed by atoms with van der Waals surface area (Å²) in [5.74, 6) is 1.67. The quantitative estimate of drug-likeness (QED) is 0.739. The average Bonchev–Trinajstić information content (AvgIpc) is 2.42. The molecule has 112 valence electrons. The molecule has 0 radical (unpaired) electrons. The van der Waals surface area contributed by atoms with Crippen LogP contribution in [0.1, 0.15) is 46.0 Å². The minimum atomic E-state index is 0.200. The maximum Gasteiger partial charge on any atom is 0.222 e. The fraction of sp³-hybridized carbons (Fsp3) is 0.933. The van der Waals surface area contributed by atoms with Crippen molar-refractivity contribution in [2.75, 3.05) is 26.2 Å². The van der Waals surface area contributed by atoms with Crippen molar-refractivity contribution in [3.05, 3.63) is 0 Å². The topological polar surface area (TPSA) is 66.6 Å². The summed E-state index contributed by atoms with van der Waals surface area (Å²) in [6.07, 6.45) is 4.63. The molecule has 19 heavy (non-hydrogen) atoms. The largest absolute Gasteiger partial charge is 0.396 e. The maximum absolute atomic E-state index is 12.2. The van der Waals surface area contributed by atoms with E-state index in [1.54, 1.807) is 0 Å². The minimum Gasteiger partial charge on any atom is -0.396 e. The van der Waals surface area contributed by atoms with Gasteiger partial charge in [-0.05, 0) is 50.0 Å². The molecule has 1 rings (SSSR count). The van der Waals surface area contributed by atoms with Crippen molar-refractivity contribution in [2.45, 2.75) is 46.0 Å². The zero-order valence-corrected chi connectivity index (χ0v) is 12.5. The summed E-state index contributed by atoms with van der Waals surface area (Å²) in [7, 11) is 0. The lowest BCUT2D eigenvalue weighted by Gasteiger charge is -2.32. The van der Waals surface area contributed by atoms with Crippen molar-refractivity contribution in [2.24, 2.45) is 23.5 Å². The number of nitrogens with zero attached hydrogens (tertiary/aromatic N) is 1. The van der Waals surface area contributed by atoms with Crippen LogP contribution in [-0.2, 0) is 4.79 Å². The van der Waals surface area contributed by atoms with Gasteiger partial charge < -0.3 is 15.7 Å². The molecule has 0 aromatic heterocycles. The third-order valence-corrected chi connectivity index (χ3v) is 4.34. The number of carbonyl (C=O) groups excluding carboxylic acids is 1. The van der Waals surface area contributed by atoms with Gasteiger partial charge in [-0.25, -0.2) is 0 Å². The Kier molecular flexibility index (Phi) is 7.39. The van der Waals surface area contributed by atoms with Crippen LogP contribution in [0.4, 0.5) is 0 Å². The van der Waals surface area contributed by atoms with Crippen molar-refractivity contribution < 1.29 is 9.90 Å². The number of piperidine rings is 1. The summed E-state index contributed by atoms with van der Waals surface area (Å²) >= 11 is 0. The molecule has 1 heterocycles. The summed E-state index contributed by atoms with van der Waals surface area (Å²) in [6, 6.07) is 0. The Balaban J connectivity index is 2.37. The van der Waals surface area contributed by atoms with Gasteiger partial charge in [-0.15, -0.1) is 0 Å². The van der Waals surface area contributed by atoms with Gasteiger partial charge >= 0.3 is 0 Å². The Bertz CT molecular complexity index is 269. The van der Waals surface area contributed by atoms with Gasteiger partial charge in [0, 0.05) is 26.1 Å². The third kappa shape index (κ3) is 5.49. The molecule has 0 aliphatic carbocycles. The predicted molar refractivity (Wildman–Crippen MR) is 77.6 cm³/mol. The third-order valence-electron chi connectivity index (χ3n) is 4.34. The van der Waals surface area contributed by atoms with Gasteiger partial charge in [0.25, 0.3) is 0 Å². The summed E-state index contributed by atoms with van der Waals surface area (Å²) in [5.41, 5.74) is 5.63. The van der Waals surface area contributed by atoms with E-state index < -0.39 is 0 Å². The van der Waals surface area contributed by atoms with Crippen molar-refractivity contribution in [1.82, 2.24) is 4.90 Å². The molecule has 4 heteroatoms. The number of hydrogen-bond acceptors (Lipinski definition) is 3. The average molecular weight is 270 g/mol. The Morgan fingerprint density at radius 1 is 1.42 bits per heavy atom. The minimum absolute atomic E-state index is 0.200. The van der Waals surface area contributed by atoms with Crippen LogP contribution in [0.3, 0.4) is 0 Å². The number of aliphatic hydroxyl groups is 1. The van der Waals surface area contributed by atoms with Crippen molar-refractivity contribution >= 4 is 5.91 Å². The van der Waals surface area contributed by atoms with E-state index in [-0.39, 0.29) is 18.4 Å². The van der Waals surface area contributed by atoms with Gasteiger partial charge in [0.05, 0.1) is 0 Å². The molecule has 4 nitrogen and oxygen atoms in total. The number of likely N-dealkylation sites (tertiary alicyclic amines) is 1. The molecule has 0 aromatic carbocycles. The highest BCUT2D eigenvalue weighted by molar-refractivity contribution is 5.76. The second kappa shape index (κ2) is 8.54. The number of rotatable bonds is 7. The van der Waals surface area contributed by atoms with Gasteiger partial charge in [0.2, 0.25) is 5.91 Å². The van der Waals surface area contributed by atoms with E-state index in [1.165, 1.54) is 0 Å². The van der Waals surface area contributed by atoms with Crippen LogP contribution in [-0.4, -0.2) is 42.2 Å². The first-order valence-electron chi connectivity index (χ1n) is 7.67. The molecule has 1 saturated heterocycles. The molecule has 0 bridgehead atoms. The molecule has 0 aromatic rings. The molecule has 2 unspecified atom stereocenters. The van der Waals surface area contributed by atoms with E-state index in [0.717, 1.165) is 38.8 Å². The molecular weight excluding hydrogens is 240 g/mol. The summed E-state index contributed by atoms with van der Waals surface area (Å²) in [4.78, 5) is 14.1. The molecular formula is C15H30N2O2. The molecule has 3 N–H and O–H groups in total. The Labute approximate surface area is 117 Å². The molecule has 0 saturated carbocycles. The van der Waals surface area contributed by atoms with Gasteiger partial charge in [-0.1, -0.05) is 13.8 Å². The molecule has 1 aliphatic heterocycles. The molecule has 0 spiro atoms. The normalized spacial score (nSPS) is 21.7. The fourth-order valence-electron chi connectivity index (χ4n) is 2.93. The first kappa shape index (κ1) is 16.4. The lowest BCUT2D eigenvalue weighted by Crippen LogP contribution is -2.41. The van der Waals surface area contributed by atoms with Gasteiger partial charge in [-0.3, -0.25) is 4.79 Å². The van der Waals surface area contributed by atoms with E-state index in [4.69, 9.17) is 5.73 Å². The standard InChI is InChI=1S/C15H30N2O2/c1-12(2)14(7-8-16)5-6-15(19)17-9-3-4-13(10-17)11-18/h12-14,18H,3-11,16H2,1-2H3. The first-order valence-corrected chi connectivity index (χ1v) is 7.67. The summed E-state index contributed by atoms with van der Waals surface area (Å²) < 4.78 is 0. The molecule has 1 aliphatic rings. The lowest BCUT2D eigenvalue weighted by atomic mass is 9.88. The van der Waals surface area contributed by atoms with Gasteiger partial charge in [0.15, 0.2) is 0 Å². The van der Waals surface area contributed by atoms with Gasteiger partial charge in [0.1, 0.15) is 0 Å². The Morgan fingerprint density at radius 3 is 2.74 bits per heavy atom. The fourth-order valence-corrected chi connectivity index (χ4v) is 2.93. The van der Waals surface area contributed by atoms with Crippen LogP contribution >= 0.6 is 0 Å². The highest BCUT2D eigenvalue weighted by atomic mass is 16.3. The highest BCUT2D eigenvalue weighted by Crippen LogP contribution is 2.22. The maximum atomic E-state index is 12.2. The summed E-state index contributed by atoms with van der Waals surface area (Å²) in [6.45, 7) is 6.90. The van der Waals surface area contributed by atoms with Crippen LogP contribution in [0.5, 0.6) is 0 Å². The van der Waals surface area contributed by atoms with Crippen molar-refractivity contribution in [3.8, 4) is 0 Å². The van der Waals surface area contributed by atoms with Crippen LogP contribution in [0, 0.1) is 17.8 Å². The Hall–Kier alpha value is -0.610. The second-order valence-corrected chi connectivity index (χ2v) is 6.15. The van der Waals surface area contributed by atoms with E-state index >= 15 is 0 Å². The van der Waals surface area contributed by atoms with Crippen LogP contribution in [0.25, 0.3) is 0 Å². The second-order valence-electron chi connectivity index (χ2n) is 6.15. The lowest BCUT2D eigenvalue weighted by molar-refractivity contribution is -0.133. The molecule has 1 amide bonds. The van der Waals surface area contributed by atoms with Crippen LogP contribution in [0.15, 0.2) is 0 Å². The van der Waals surface area contributed by atoms with Crippen LogP contribution < -0.4 is 5.73 Å². The van der Waals surface area contributed by atoms with Gasteiger partial charge in [-0.2, -0.15) is 0 Å². The zero-order chi connectivity index (χ0) is 14.3. The highest BCUT2D eigenvalue weighted by Gasteiger charge is 2.23. The number of amides is 1. The number of hydrogen-bond donors (Lipinski definition) is 2. The smallest absolute Gasteiger partial charge is 0.222 e. The summed E-state index contributed by atoms with van der Waals surface area (Å²) in [5, 5.41) is 9.20. The van der Waals surface area contributed by atoms with E-state index in [2.05, 4.69) is 13.8 Å². The molecule has 2 atom stereocenters.